The number of imidazole rings is 1. The molecule has 0 saturated carbocycles. The lowest BCUT2D eigenvalue weighted by molar-refractivity contribution is 0.646. The third kappa shape index (κ3) is 3.18. The Kier molecular flexibility index (Phi) is 4.83. The standard InChI is InChI=1S/C38H27N3S/c1-38(2)30-23-26(22-29-28-12-6-8-14-32(28)41(35(29)30)34-20-21-42-36(34)38)24-16-18-25(19-17-24)37-39-31-13-7-9-15-33(31)40(37)27-10-4-3-5-11-27/h3-23H,1-2H3. The summed E-state index contributed by atoms with van der Waals surface area (Å²) in [6.07, 6.45) is 0. The third-order valence-electron chi connectivity index (χ3n) is 8.95. The van der Waals surface area contributed by atoms with Gasteiger partial charge in [-0.2, -0.15) is 0 Å². The van der Waals surface area contributed by atoms with Crippen molar-refractivity contribution in [1.29, 1.82) is 0 Å². The van der Waals surface area contributed by atoms with Crippen LogP contribution in [0.15, 0.2) is 127 Å². The molecule has 0 spiro atoms. The van der Waals surface area contributed by atoms with E-state index in [2.05, 4.69) is 150 Å². The Bertz CT molecular complexity index is 2310. The molecule has 0 aliphatic carbocycles. The highest BCUT2D eigenvalue weighted by Crippen LogP contribution is 2.50. The number of benzene rings is 5. The van der Waals surface area contributed by atoms with Crippen molar-refractivity contribution in [3.05, 3.63) is 137 Å². The number of fused-ring (bicyclic) bond motifs is 6. The van der Waals surface area contributed by atoms with E-state index in [9.17, 15) is 0 Å². The molecule has 42 heavy (non-hydrogen) atoms. The van der Waals surface area contributed by atoms with Crippen LogP contribution < -0.4 is 0 Å². The number of rotatable bonds is 3. The number of aromatic nitrogens is 3. The summed E-state index contributed by atoms with van der Waals surface area (Å²) in [7, 11) is 0. The largest absolute Gasteiger partial charge is 0.308 e. The zero-order chi connectivity index (χ0) is 28.0. The third-order valence-corrected chi connectivity index (χ3v) is 10.2. The molecule has 0 unspecified atom stereocenters. The Morgan fingerprint density at radius 2 is 1.33 bits per heavy atom. The fraction of sp³-hybridized carbons (Fsp3) is 0.0789. The van der Waals surface area contributed by atoms with Crippen molar-refractivity contribution >= 4 is 44.2 Å². The predicted octanol–water partition coefficient (Wildman–Crippen LogP) is 10.2. The summed E-state index contributed by atoms with van der Waals surface area (Å²) in [4.78, 5) is 6.49. The smallest absolute Gasteiger partial charge is 0.145 e. The molecule has 4 heterocycles. The van der Waals surface area contributed by atoms with Crippen LogP contribution in [0.5, 0.6) is 0 Å². The van der Waals surface area contributed by atoms with Gasteiger partial charge in [-0.15, -0.1) is 11.3 Å². The molecule has 0 radical (unpaired) electrons. The van der Waals surface area contributed by atoms with Crippen LogP contribution in [0, 0.1) is 0 Å². The maximum atomic E-state index is 5.07. The molecule has 0 bridgehead atoms. The molecular weight excluding hydrogens is 531 g/mol. The second kappa shape index (κ2) is 8.54. The van der Waals surface area contributed by atoms with Crippen molar-refractivity contribution in [2.75, 3.05) is 0 Å². The van der Waals surface area contributed by atoms with Crippen molar-refractivity contribution in [3.63, 3.8) is 0 Å². The molecule has 0 fully saturated rings. The fourth-order valence-electron chi connectivity index (χ4n) is 6.93. The van der Waals surface area contributed by atoms with E-state index in [0.717, 1.165) is 28.1 Å². The summed E-state index contributed by atoms with van der Waals surface area (Å²) in [5.41, 5.74) is 12.0. The maximum absolute atomic E-state index is 5.07. The molecule has 5 aromatic carbocycles. The second-order valence-corrected chi connectivity index (χ2v) is 12.6. The highest BCUT2D eigenvalue weighted by Gasteiger charge is 2.36. The van der Waals surface area contributed by atoms with Gasteiger partial charge >= 0.3 is 0 Å². The minimum absolute atomic E-state index is 0.0807. The van der Waals surface area contributed by atoms with E-state index in [-0.39, 0.29) is 5.41 Å². The van der Waals surface area contributed by atoms with E-state index in [0.29, 0.717) is 0 Å². The van der Waals surface area contributed by atoms with Crippen molar-refractivity contribution < 1.29 is 0 Å². The molecule has 0 amide bonds. The van der Waals surface area contributed by atoms with E-state index >= 15 is 0 Å². The topological polar surface area (TPSA) is 22.8 Å². The summed E-state index contributed by atoms with van der Waals surface area (Å²) in [6, 6.07) is 43.7. The van der Waals surface area contributed by atoms with Crippen LogP contribution in [0.1, 0.15) is 24.3 Å². The first-order valence-corrected chi connectivity index (χ1v) is 15.3. The van der Waals surface area contributed by atoms with Crippen LogP contribution in [0.4, 0.5) is 0 Å². The molecule has 0 saturated heterocycles. The average Bonchev–Trinajstić information content (AvgIpc) is 3.75. The zero-order valence-electron chi connectivity index (χ0n) is 23.4. The van der Waals surface area contributed by atoms with Gasteiger partial charge in [0.05, 0.1) is 27.8 Å². The Balaban J connectivity index is 1.24. The summed E-state index contributed by atoms with van der Waals surface area (Å²) < 4.78 is 4.74. The maximum Gasteiger partial charge on any atom is 0.145 e. The lowest BCUT2D eigenvalue weighted by Gasteiger charge is -2.32. The molecule has 8 aromatic rings. The minimum atomic E-state index is -0.0807. The Morgan fingerprint density at radius 1 is 0.619 bits per heavy atom. The summed E-state index contributed by atoms with van der Waals surface area (Å²) in [5.74, 6) is 0.953. The summed E-state index contributed by atoms with van der Waals surface area (Å²) in [6.45, 7) is 4.75. The van der Waals surface area contributed by atoms with Crippen molar-refractivity contribution in [2.45, 2.75) is 19.3 Å². The molecule has 3 nitrogen and oxygen atoms in total. The van der Waals surface area contributed by atoms with Crippen LogP contribution in [0.3, 0.4) is 0 Å². The van der Waals surface area contributed by atoms with E-state index in [1.165, 1.54) is 49.1 Å². The van der Waals surface area contributed by atoms with E-state index < -0.39 is 0 Å². The van der Waals surface area contributed by atoms with E-state index in [1.807, 2.05) is 11.3 Å². The molecule has 1 aliphatic heterocycles. The first-order chi connectivity index (χ1) is 20.6. The molecule has 9 rings (SSSR count). The molecule has 3 aromatic heterocycles. The van der Waals surface area contributed by atoms with Gasteiger partial charge in [0.1, 0.15) is 5.82 Å². The molecular formula is C38H27N3S. The lowest BCUT2D eigenvalue weighted by Crippen LogP contribution is -2.24. The van der Waals surface area contributed by atoms with Gasteiger partial charge in [-0.25, -0.2) is 4.98 Å². The van der Waals surface area contributed by atoms with Crippen LogP contribution in [-0.2, 0) is 5.41 Å². The lowest BCUT2D eigenvalue weighted by atomic mass is 9.78. The molecule has 0 atom stereocenters. The van der Waals surface area contributed by atoms with E-state index in [4.69, 9.17) is 4.98 Å². The number of thiophene rings is 1. The zero-order valence-corrected chi connectivity index (χ0v) is 24.2. The first kappa shape index (κ1) is 23.7. The number of para-hydroxylation sites is 4. The number of hydrogen-bond donors (Lipinski definition) is 0. The van der Waals surface area contributed by atoms with Gasteiger partial charge < -0.3 is 4.57 Å². The average molecular weight is 558 g/mol. The summed E-state index contributed by atoms with van der Waals surface area (Å²) in [5, 5.41) is 4.86. The Labute approximate surface area is 247 Å². The molecule has 0 N–H and O–H groups in total. The monoisotopic (exact) mass is 557 g/mol. The van der Waals surface area contributed by atoms with Gasteiger partial charge in [0.15, 0.2) is 0 Å². The van der Waals surface area contributed by atoms with Crippen molar-refractivity contribution in [3.8, 4) is 33.9 Å². The predicted molar refractivity (Wildman–Crippen MR) is 176 cm³/mol. The normalized spacial score (nSPS) is 13.7. The molecule has 200 valence electrons. The van der Waals surface area contributed by atoms with Crippen molar-refractivity contribution in [2.24, 2.45) is 0 Å². The highest BCUT2D eigenvalue weighted by atomic mass is 32.1. The van der Waals surface area contributed by atoms with Gasteiger partial charge in [0.25, 0.3) is 0 Å². The SMILES string of the molecule is CC1(C)c2sccc2-n2c3ccccc3c3cc(-c4ccc(-c5nc6ccccc6n5-c5ccccc5)cc4)cc1c32. The van der Waals surface area contributed by atoms with Crippen LogP contribution >= 0.6 is 11.3 Å². The fourth-order valence-corrected chi connectivity index (χ4v) is 7.95. The minimum Gasteiger partial charge on any atom is -0.308 e. The second-order valence-electron chi connectivity index (χ2n) is 11.7. The van der Waals surface area contributed by atoms with Gasteiger partial charge in [-0.1, -0.05) is 86.6 Å². The number of nitrogens with zero attached hydrogens (tertiary/aromatic N) is 3. The Hall–Kier alpha value is -4.93. The Morgan fingerprint density at radius 3 is 2.17 bits per heavy atom. The van der Waals surface area contributed by atoms with Crippen LogP contribution in [0.25, 0.3) is 66.7 Å². The van der Waals surface area contributed by atoms with Crippen molar-refractivity contribution in [1.82, 2.24) is 14.1 Å². The quantitative estimate of drug-likeness (QED) is 0.212. The highest BCUT2D eigenvalue weighted by molar-refractivity contribution is 7.10. The first-order valence-electron chi connectivity index (χ1n) is 14.4. The van der Waals surface area contributed by atoms with Crippen LogP contribution in [-0.4, -0.2) is 14.1 Å². The molecule has 1 aliphatic rings. The summed E-state index contributed by atoms with van der Waals surface area (Å²) >= 11 is 1.86. The number of hydrogen-bond acceptors (Lipinski definition) is 2. The van der Waals surface area contributed by atoms with Gasteiger partial charge in [-0.05, 0) is 70.6 Å². The van der Waals surface area contributed by atoms with Crippen LogP contribution in [0.2, 0.25) is 0 Å². The van der Waals surface area contributed by atoms with Gasteiger partial charge in [0.2, 0.25) is 0 Å². The van der Waals surface area contributed by atoms with Gasteiger partial charge in [-0.3, -0.25) is 4.57 Å². The van der Waals surface area contributed by atoms with E-state index in [1.54, 1.807) is 0 Å². The molecule has 4 heteroatoms. The van der Waals surface area contributed by atoms with Gasteiger partial charge in [0, 0.05) is 32.3 Å².